The molecule has 1 heterocycles. The van der Waals surface area contributed by atoms with Gasteiger partial charge in [-0.1, -0.05) is 56.3 Å². The molecule has 4 nitrogen and oxygen atoms in total. The number of likely N-dealkylation sites (tertiary alicyclic amines) is 1. The monoisotopic (exact) mass is 364 g/mol. The van der Waals surface area contributed by atoms with Crippen LogP contribution in [0.25, 0.3) is 0 Å². The van der Waals surface area contributed by atoms with E-state index in [0.29, 0.717) is 12.5 Å². The third-order valence-electron chi connectivity index (χ3n) is 5.22. The fourth-order valence-electron chi connectivity index (χ4n) is 3.57. The van der Waals surface area contributed by atoms with E-state index >= 15 is 0 Å². The normalized spacial score (nSPS) is 15.7. The van der Waals surface area contributed by atoms with Crippen molar-refractivity contribution in [2.75, 3.05) is 25.0 Å². The molecule has 1 amide bonds. The molecule has 4 heteroatoms. The second kappa shape index (κ2) is 8.96. The molecule has 0 aromatic heterocycles. The summed E-state index contributed by atoms with van der Waals surface area (Å²) >= 11 is 0. The maximum Gasteiger partial charge on any atom is 0.238 e. The molecular formula is C23H28N2O2. The Labute approximate surface area is 161 Å². The topological polar surface area (TPSA) is 49.4 Å². The molecule has 0 bridgehead atoms. The summed E-state index contributed by atoms with van der Waals surface area (Å²) in [6, 6.07) is 17.5. The highest BCUT2D eigenvalue weighted by Crippen LogP contribution is 2.22. The lowest BCUT2D eigenvalue weighted by Crippen LogP contribution is -2.40. The minimum absolute atomic E-state index is 0.00346. The third kappa shape index (κ3) is 5.27. The van der Waals surface area contributed by atoms with Crippen molar-refractivity contribution in [3.63, 3.8) is 0 Å². The van der Waals surface area contributed by atoms with E-state index in [0.717, 1.165) is 37.2 Å². The van der Waals surface area contributed by atoms with Crippen LogP contribution in [0.15, 0.2) is 54.6 Å². The van der Waals surface area contributed by atoms with Crippen LogP contribution >= 0.6 is 0 Å². The van der Waals surface area contributed by atoms with E-state index in [1.54, 1.807) is 0 Å². The van der Waals surface area contributed by atoms with Gasteiger partial charge >= 0.3 is 0 Å². The maximum atomic E-state index is 12.6. The van der Waals surface area contributed by atoms with Crippen molar-refractivity contribution in [1.82, 2.24) is 4.90 Å². The maximum absolute atomic E-state index is 12.6. The molecule has 0 aliphatic carbocycles. The molecule has 1 aliphatic rings. The fraction of sp³-hybridized carbons (Fsp3) is 0.391. The number of ketones is 1. The van der Waals surface area contributed by atoms with Gasteiger partial charge in [0.15, 0.2) is 5.78 Å². The molecule has 1 saturated heterocycles. The number of benzene rings is 2. The average Bonchev–Trinajstić information content (AvgIpc) is 2.69. The smallest absolute Gasteiger partial charge is 0.238 e. The summed E-state index contributed by atoms with van der Waals surface area (Å²) in [5.41, 5.74) is 2.85. The van der Waals surface area contributed by atoms with Gasteiger partial charge in [-0.2, -0.15) is 0 Å². The second-order valence-corrected chi connectivity index (χ2v) is 7.61. The van der Waals surface area contributed by atoms with Crippen LogP contribution in [0.5, 0.6) is 0 Å². The Kier molecular flexibility index (Phi) is 6.40. The first-order chi connectivity index (χ1) is 13.0. The number of carbonyl (C=O) groups is 2. The number of amides is 1. The molecule has 0 radical (unpaired) electrons. The Bertz CT molecular complexity index is 778. The first kappa shape index (κ1) is 19.3. The number of nitrogens with one attached hydrogen (secondary N) is 1. The van der Waals surface area contributed by atoms with Gasteiger partial charge in [-0.3, -0.25) is 14.5 Å². The Hall–Kier alpha value is -2.46. The number of hydrogen-bond acceptors (Lipinski definition) is 3. The molecule has 2 aromatic carbocycles. The van der Waals surface area contributed by atoms with E-state index in [9.17, 15) is 9.59 Å². The predicted octanol–water partition coefficient (Wildman–Crippen LogP) is 4.34. The number of piperidine rings is 1. The molecule has 142 valence electrons. The number of nitrogens with zero attached hydrogens (tertiary/aromatic N) is 1. The Morgan fingerprint density at radius 1 is 1.04 bits per heavy atom. The van der Waals surface area contributed by atoms with Crippen LogP contribution in [0.1, 0.15) is 48.5 Å². The van der Waals surface area contributed by atoms with Crippen LogP contribution in [-0.4, -0.2) is 36.2 Å². The zero-order valence-electron chi connectivity index (χ0n) is 16.2. The van der Waals surface area contributed by atoms with E-state index in [-0.39, 0.29) is 17.6 Å². The summed E-state index contributed by atoms with van der Waals surface area (Å²) in [5.74, 6) is 0.728. The summed E-state index contributed by atoms with van der Waals surface area (Å²) in [5, 5.41) is 3.00. The van der Waals surface area contributed by atoms with Gasteiger partial charge in [0.25, 0.3) is 0 Å². The summed E-state index contributed by atoms with van der Waals surface area (Å²) in [7, 11) is 0. The van der Waals surface area contributed by atoms with E-state index in [4.69, 9.17) is 0 Å². The molecule has 27 heavy (non-hydrogen) atoms. The molecule has 1 aliphatic heterocycles. The van der Waals surface area contributed by atoms with Gasteiger partial charge < -0.3 is 5.32 Å². The third-order valence-corrected chi connectivity index (χ3v) is 5.22. The molecule has 0 atom stereocenters. The molecular weight excluding hydrogens is 336 g/mol. The van der Waals surface area contributed by atoms with Crippen molar-refractivity contribution in [3.8, 4) is 0 Å². The quantitative estimate of drug-likeness (QED) is 0.776. The van der Waals surface area contributed by atoms with Crippen LogP contribution in [0.2, 0.25) is 0 Å². The van der Waals surface area contributed by atoms with Crippen molar-refractivity contribution >= 4 is 17.4 Å². The van der Waals surface area contributed by atoms with Crippen LogP contribution < -0.4 is 5.32 Å². The van der Waals surface area contributed by atoms with E-state index in [1.165, 1.54) is 5.56 Å². The van der Waals surface area contributed by atoms with E-state index in [1.807, 2.05) is 48.5 Å². The van der Waals surface area contributed by atoms with Gasteiger partial charge in [0, 0.05) is 17.2 Å². The second-order valence-electron chi connectivity index (χ2n) is 7.61. The minimum Gasteiger partial charge on any atom is -0.325 e. The highest BCUT2D eigenvalue weighted by atomic mass is 16.2. The highest BCUT2D eigenvalue weighted by molar-refractivity contribution is 5.98. The number of anilines is 1. The summed E-state index contributed by atoms with van der Waals surface area (Å²) in [6.45, 7) is 6.22. The zero-order valence-corrected chi connectivity index (χ0v) is 16.2. The summed E-state index contributed by atoms with van der Waals surface area (Å²) in [6.07, 6.45) is 1.62. The molecule has 3 rings (SSSR count). The van der Waals surface area contributed by atoms with Gasteiger partial charge in [0.1, 0.15) is 0 Å². The van der Waals surface area contributed by atoms with Crippen molar-refractivity contribution in [2.24, 2.45) is 5.92 Å². The van der Waals surface area contributed by atoms with Crippen molar-refractivity contribution in [1.29, 1.82) is 0 Å². The van der Waals surface area contributed by atoms with Crippen LogP contribution in [-0.2, 0) is 4.79 Å². The molecule has 1 fully saturated rings. The van der Waals surface area contributed by atoms with E-state index in [2.05, 4.69) is 30.1 Å². The van der Waals surface area contributed by atoms with Crippen LogP contribution in [0.4, 0.5) is 5.69 Å². The van der Waals surface area contributed by atoms with Gasteiger partial charge in [-0.15, -0.1) is 0 Å². The van der Waals surface area contributed by atoms with E-state index < -0.39 is 0 Å². The van der Waals surface area contributed by atoms with Crippen LogP contribution in [0, 0.1) is 5.92 Å². The van der Waals surface area contributed by atoms with Crippen LogP contribution in [0.3, 0.4) is 0 Å². The van der Waals surface area contributed by atoms with Gasteiger partial charge in [0.05, 0.1) is 6.54 Å². The lowest BCUT2D eigenvalue weighted by atomic mass is 9.89. The fourth-order valence-corrected chi connectivity index (χ4v) is 3.57. The highest BCUT2D eigenvalue weighted by Gasteiger charge is 2.26. The predicted molar refractivity (Wildman–Crippen MR) is 109 cm³/mol. The molecule has 1 N–H and O–H groups in total. The van der Waals surface area contributed by atoms with Crippen molar-refractivity contribution in [3.05, 3.63) is 65.7 Å². The Balaban J connectivity index is 1.48. The molecule has 0 saturated carbocycles. The molecule has 0 spiro atoms. The Morgan fingerprint density at radius 3 is 2.41 bits per heavy atom. The number of hydrogen-bond donors (Lipinski definition) is 1. The SMILES string of the molecule is CC(C)c1cccc(NC(=O)CN2CCC(C(=O)c3ccccc3)CC2)c1. The van der Waals surface area contributed by atoms with Gasteiger partial charge in [0.2, 0.25) is 5.91 Å². The zero-order chi connectivity index (χ0) is 19.2. The first-order valence-electron chi connectivity index (χ1n) is 9.74. The lowest BCUT2D eigenvalue weighted by Gasteiger charge is -2.30. The van der Waals surface area contributed by atoms with Gasteiger partial charge in [-0.25, -0.2) is 0 Å². The minimum atomic E-state index is 0.00346. The number of rotatable bonds is 6. The Morgan fingerprint density at radius 2 is 1.74 bits per heavy atom. The summed E-state index contributed by atoms with van der Waals surface area (Å²) < 4.78 is 0. The van der Waals surface area contributed by atoms with Crippen molar-refractivity contribution < 1.29 is 9.59 Å². The number of carbonyl (C=O) groups excluding carboxylic acids is 2. The first-order valence-corrected chi connectivity index (χ1v) is 9.74. The number of Topliss-reactive ketones (excluding diaryl/α,β-unsaturated/α-hetero) is 1. The van der Waals surface area contributed by atoms with Crippen molar-refractivity contribution in [2.45, 2.75) is 32.6 Å². The largest absolute Gasteiger partial charge is 0.325 e. The standard InChI is InChI=1S/C23H28N2O2/c1-17(2)20-9-6-10-21(15-20)24-22(26)16-25-13-11-19(12-14-25)23(27)18-7-4-3-5-8-18/h3-10,15,17,19H,11-14,16H2,1-2H3,(H,24,26). The average molecular weight is 364 g/mol. The van der Waals surface area contributed by atoms with Gasteiger partial charge in [-0.05, 0) is 49.5 Å². The summed E-state index contributed by atoms with van der Waals surface area (Å²) in [4.78, 5) is 27.1. The molecule has 2 aromatic rings. The lowest BCUT2D eigenvalue weighted by molar-refractivity contribution is -0.117. The molecule has 0 unspecified atom stereocenters.